The van der Waals surface area contributed by atoms with Crippen molar-refractivity contribution in [1.29, 1.82) is 0 Å². The van der Waals surface area contributed by atoms with Crippen LogP contribution < -0.4 is 5.32 Å². The average Bonchev–Trinajstić information content (AvgIpc) is 3.38. The van der Waals surface area contributed by atoms with Crippen LogP contribution in [0.15, 0.2) is 97.2 Å². The van der Waals surface area contributed by atoms with Crippen molar-refractivity contribution >= 4 is 13.7 Å². The molecule has 0 fully saturated rings. The van der Waals surface area contributed by atoms with E-state index in [0.717, 1.165) is 89.9 Å². The van der Waals surface area contributed by atoms with Crippen molar-refractivity contribution in [3.8, 4) is 0 Å². The number of phosphoric ester groups is 1. The molecule has 0 saturated heterocycles. The number of unbranched alkanes of at least 4 members (excludes halogenated alkanes) is 30. The molecule has 0 aromatic carbocycles. The monoisotopic (exact) mass is 1080 g/mol. The summed E-state index contributed by atoms with van der Waals surface area (Å²) in [6.45, 7) is 4.68. The van der Waals surface area contributed by atoms with E-state index in [1.807, 2.05) is 27.2 Å². The molecule has 0 saturated carbocycles. The van der Waals surface area contributed by atoms with Crippen LogP contribution in [0.1, 0.15) is 271 Å². The van der Waals surface area contributed by atoms with Crippen LogP contribution in [0.5, 0.6) is 0 Å². The van der Waals surface area contributed by atoms with Gasteiger partial charge in [-0.2, -0.15) is 0 Å². The standard InChI is InChI=1S/C67H121N2O6P/c1-6-8-10-12-14-16-18-20-22-24-26-28-30-31-32-33-34-35-36-37-39-40-42-44-46-48-50-52-54-56-58-60-66(70)65(64-75-76(72,73)74-63-62-69(3,4)5)68-67(71)61-59-57-55-53-51-49-47-45-43-41-38-29-27-25-23-21-19-17-15-13-11-9-7-2/h9,11,15,17,21,23,27,29,41-44,50,52,58,60,65-66,70H,6-8,10,12-14,16,18-20,22,24-26,28,30-40,45-49,51,53-57,59,61-64H2,1-5H3,(H-,68,71,72,73)/p+1/b11-9-,17-15-,23-21-,29-27-,43-41-,44-42+,52-50+,60-58+. The smallest absolute Gasteiger partial charge is 0.387 e. The number of phosphoric acid groups is 1. The van der Waals surface area contributed by atoms with E-state index in [1.165, 1.54) is 161 Å². The number of amides is 1. The van der Waals surface area contributed by atoms with E-state index in [-0.39, 0.29) is 19.1 Å². The van der Waals surface area contributed by atoms with E-state index < -0.39 is 20.0 Å². The van der Waals surface area contributed by atoms with Crippen LogP contribution in [0.25, 0.3) is 0 Å². The maximum absolute atomic E-state index is 13.0. The van der Waals surface area contributed by atoms with E-state index in [0.29, 0.717) is 17.4 Å². The lowest BCUT2D eigenvalue weighted by atomic mass is 10.0. The second kappa shape index (κ2) is 57.1. The highest BCUT2D eigenvalue weighted by atomic mass is 31.2. The number of likely N-dealkylation sites (N-methyl/N-ethyl adjacent to an activating group) is 1. The van der Waals surface area contributed by atoms with Gasteiger partial charge in [-0.25, -0.2) is 4.57 Å². The van der Waals surface area contributed by atoms with Gasteiger partial charge in [-0.3, -0.25) is 13.8 Å². The largest absolute Gasteiger partial charge is 0.472 e. The molecule has 0 radical (unpaired) electrons. The van der Waals surface area contributed by atoms with Gasteiger partial charge in [-0.05, 0) is 89.9 Å². The molecule has 0 aliphatic heterocycles. The third kappa shape index (κ3) is 59.1. The van der Waals surface area contributed by atoms with E-state index in [9.17, 15) is 19.4 Å². The lowest BCUT2D eigenvalue weighted by molar-refractivity contribution is -0.870. The van der Waals surface area contributed by atoms with Crippen LogP contribution in [0.2, 0.25) is 0 Å². The Balaban J connectivity index is 4.24. The molecule has 3 unspecified atom stereocenters. The van der Waals surface area contributed by atoms with Gasteiger partial charge in [0.1, 0.15) is 13.2 Å². The fraction of sp³-hybridized carbons (Fsp3) is 0.746. The summed E-state index contributed by atoms with van der Waals surface area (Å²) in [7, 11) is 1.53. The van der Waals surface area contributed by atoms with Gasteiger partial charge in [0, 0.05) is 6.42 Å². The van der Waals surface area contributed by atoms with Gasteiger partial charge in [0.05, 0.1) is 39.9 Å². The minimum Gasteiger partial charge on any atom is -0.387 e. The number of nitrogens with zero attached hydrogens (tertiary/aromatic N) is 1. The predicted molar refractivity (Wildman–Crippen MR) is 332 cm³/mol. The Morgan fingerprint density at radius 3 is 1.21 bits per heavy atom. The maximum atomic E-state index is 13.0. The van der Waals surface area contributed by atoms with Gasteiger partial charge in [0.15, 0.2) is 0 Å². The molecule has 0 aromatic rings. The zero-order valence-electron chi connectivity index (χ0n) is 50.2. The first kappa shape index (κ1) is 73.4. The van der Waals surface area contributed by atoms with Gasteiger partial charge in [0.2, 0.25) is 5.91 Å². The summed E-state index contributed by atoms with van der Waals surface area (Å²) in [5, 5.41) is 13.9. The molecule has 0 heterocycles. The number of carbonyl (C=O) groups is 1. The van der Waals surface area contributed by atoms with Crippen LogP contribution in [0.4, 0.5) is 0 Å². The summed E-state index contributed by atoms with van der Waals surface area (Å²) in [5.41, 5.74) is 0. The normalized spacial score (nSPS) is 14.5. The second-order valence-electron chi connectivity index (χ2n) is 22.4. The highest BCUT2D eigenvalue weighted by Gasteiger charge is 2.27. The van der Waals surface area contributed by atoms with Crippen LogP contribution >= 0.6 is 7.82 Å². The summed E-state index contributed by atoms with van der Waals surface area (Å²) >= 11 is 0. The van der Waals surface area contributed by atoms with Crippen molar-refractivity contribution in [3.63, 3.8) is 0 Å². The Kier molecular flexibility index (Phi) is 55.2. The molecule has 3 N–H and O–H groups in total. The van der Waals surface area contributed by atoms with Gasteiger partial charge < -0.3 is 19.8 Å². The predicted octanol–water partition coefficient (Wildman–Crippen LogP) is 19.8. The first-order chi connectivity index (χ1) is 37.0. The van der Waals surface area contributed by atoms with Crippen molar-refractivity contribution in [1.82, 2.24) is 5.32 Å². The third-order valence-corrected chi connectivity index (χ3v) is 14.7. The van der Waals surface area contributed by atoms with Crippen molar-refractivity contribution in [2.75, 3.05) is 40.9 Å². The molecule has 0 aliphatic rings. The molecule has 0 aliphatic carbocycles. The average molecular weight is 1080 g/mol. The first-order valence-electron chi connectivity index (χ1n) is 31.6. The number of hydrogen-bond acceptors (Lipinski definition) is 5. The number of allylic oxidation sites excluding steroid dienone is 15. The third-order valence-electron chi connectivity index (χ3n) is 13.8. The topological polar surface area (TPSA) is 105 Å². The molecule has 0 spiro atoms. The molecule has 0 aromatic heterocycles. The van der Waals surface area contributed by atoms with Gasteiger partial charge >= 0.3 is 7.82 Å². The molecule has 8 nitrogen and oxygen atoms in total. The quantitative estimate of drug-likeness (QED) is 0.0243. The molecule has 440 valence electrons. The number of rotatable bonds is 57. The van der Waals surface area contributed by atoms with Gasteiger partial charge in [-0.15, -0.1) is 0 Å². The minimum atomic E-state index is -4.37. The zero-order valence-corrected chi connectivity index (χ0v) is 51.1. The van der Waals surface area contributed by atoms with Gasteiger partial charge in [0.25, 0.3) is 0 Å². The summed E-state index contributed by atoms with van der Waals surface area (Å²) in [5.74, 6) is -0.204. The number of quaternary nitrogens is 1. The molecular weight excluding hydrogens is 960 g/mol. The summed E-state index contributed by atoms with van der Waals surface area (Å²) in [4.78, 5) is 23.3. The Hall–Kier alpha value is -2.58. The first-order valence-corrected chi connectivity index (χ1v) is 33.1. The Morgan fingerprint density at radius 2 is 0.803 bits per heavy atom. The Bertz CT molecular complexity index is 1560. The fourth-order valence-electron chi connectivity index (χ4n) is 8.87. The van der Waals surface area contributed by atoms with Crippen LogP contribution in [0.3, 0.4) is 0 Å². The Morgan fingerprint density at radius 1 is 0.461 bits per heavy atom. The van der Waals surface area contributed by atoms with Crippen LogP contribution in [-0.4, -0.2) is 73.4 Å². The Labute approximate surface area is 470 Å². The van der Waals surface area contributed by atoms with Crippen molar-refractivity contribution in [3.05, 3.63) is 97.2 Å². The number of nitrogens with one attached hydrogen (secondary N) is 1. The highest BCUT2D eigenvalue weighted by molar-refractivity contribution is 7.47. The summed E-state index contributed by atoms with van der Waals surface area (Å²) < 4.78 is 23.7. The second-order valence-corrected chi connectivity index (χ2v) is 23.8. The number of carbonyl (C=O) groups excluding carboxylic acids is 1. The van der Waals surface area contributed by atoms with E-state index in [2.05, 4.69) is 104 Å². The summed E-state index contributed by atoms with van der Waals surface area (Å²) in [6.07, 6.45) is 82.5. The maximum Gasteiger partial charge on any atom is 0.472 e. The van der Waals surface area contributed by atoms with Gasteiger partial charge in [-0.1, -0.05) is 272 Å². The van der Waals surface area contributed by atoms with E-state index in [4.69, 9.17) is 9.05 Å². The lowest BCUT2D eigenvalue weighted by Gasteiger charge is -2.25. The molecule has 0 rings (SSSR count). The molecular formula is C67H122N2O6P+. The van der Waals surface area contributed by atoms with Crippen molar-refractivity contribution in [2.45, 2.75) is 283 Å². The highest BCUT2D eigenvalue weighted by Crippen LogP contribution is 2.43. The van der Waals surface area contributed by atoms with Crippen LogP contribution in [0, 0.1) is 0 Å². The minimum absolute atomic E-state index is 0.0462. The molecule has 9 heteroatoms. The summed E-state index contributed by atoms with van der Waals surface area (Å²) in [6, 6.07) is -0.884. The molecule has 0 bridgehead atoms. The van der Waals surface area contributed by atoms with Crippen molar-refractivity contribution in [2.24, 2.45) is 0 Å². The molecule has 76 heavy (non-hydrogen) atoms. The lowest BCUT2D eigenvalue weighted by Crippen LogP contribution is -2.45. The van der Waals surface area contributed by atoms with Crippen LogP contribution in [-0.2, 0) is 18.4 Å². The SMILES string of the molecule is CC/C=C\C/C=C\C/C=C\C/C=C\C/C=C\CCCCCCCCCC(=O)NC(COP(=O)(O)OCC[N+](C)(C)C)C(O)/C=C/CC/C=C/CC/C=C/CCCCCCCCCCCCCCCCCCCCCCC. The van der Waals surface area contributed by atoms with E-state index in [1.54, 1.807) is 6.08 Å². The molecule has 1 amide bonds. The number of hydrogen-bond donors (Lipinski definition) is 3. The number of aliphatic hydroxyl groups excluding tert-OH is 1. The van der Waals surface area contributed by atoms with Crippen molar-refractivity contribution < 1.29 is 32.9 Å². The van der Waals surface area contributed by atoms with E-state index >= 15 is 0 Å². The zero-order chi connectivity index (χ0) is 55.6. The fourth-order valence-corrected chi connectivity index (χ4v) is 9.60. The number of aliphatic hydroxyl groups is 1. The molecule has 3 atom stereocenters.